The van der Waals surface area contributed by atoms with Crippen molar-refractivity contribution in [1.82, 2.24) is 4.90 Å². The molecule has 1 aromatic carbocycles. The Balaban J connectivity index is 2.99. The summed E-state index contributed by atoms with van der Waals surface area (Å²) in [5, 5.41) is 1.35. The highest BCUT2D eigenvalue weighted by Crippen LogP contribution is 2.29. The summed E-state index contributed by atoms with van der Waals surface area (Å²) in [7, 11) is 0. The van der Waals surface area contributed by atoms with E-state index in [9.17, 15) is 0 Å². The van der Waals surface area contributed by atoms with Gasteiger partial charge in [-0.2, -0.15) is 0 Å². The lowest BCUT2D eigenvalue weighted by atomic mass is 10.0. The van der Waals surface area contributed by atoms with Crippen LogP contribution in [0.1, 0.15) is 32.4 Å². The van der Waals surface area contributed by atoms with Crippen molar-refractivity contribution in [1.29, 1.82) is 0 Å². The third-order valence-electron chi connectivity index (χ3n) is 2.99. The van der Waals surface area contributed by atoms with Crippen LogP contribution < -0.4 is 5.73 Å². The molecule has 1 atom stereocenters. The van der Waals surface area contributed by atoms with E-state index < -0.39 is 0 Å². The molecular weight excluding hydrogens is 267 g/mol. The normalized spacial score (nSPS) is 13.3. The number of hydrogen-bond acceptors (Lipinski definition) is 2. The molecule has 0 aromatic heterocycles. The maximum Gasteiger partial charge on any atom is 0.0485 e. The van der Waals surface area contributed by atoms with Gasteiger partial charge in [-0.25, -0.2) is 0 Å². The summed E-state index contributed by atoms with van der Waals surface area (Å²) in [5.41, 5.74) is 6.99. The Bertz CT molecular complexity index is 380. The van der Waals surface area contributed by atoms with Gasteiger partial charge in [0.25, 0.3) is 0 Å². The zero-order chi connectivity index (χ0) is 13.7. The van der Waals surface area contributed by atoms with Crippen molar-refractivity contribution >= 4 is 23.2 Å². The van der Waals surface area contributed by atoms with Crippen LogP contribution in [0.4, 0.5) is 0 Å². The van der Waals surface area contributed by atoms with Gasteiger partial charge < -0.3 is 5.73 Å². The van der Waals surface area contributed by atoms with E-state index in [2.05, 4.69) is 25.7 Å². The molecule has 0 aliphatic rings. The summed E-state index contributed by atoms with van der Waals surface area (Å²) < 4.78 is 0. The smallest absolute Gasteiger partial charge is 0.0485 e. The fourth-order valence-corrected chi connectivity index (χ4v) is 2.72. The molecule has 0 bridgehead atoms. The highest BCUT2D eigenvalue weighted by Gasteiger charge is 2.20. The molecule has 2 N–H and O–H groups in total. The van der Waals surface area contributed by atoms with E-state index in [0.717, 1.165) is 18.7 Å². The molecule has 0 aliphatic carbocycles. The first-order chi connectivity index (χ1) is 8.49. The van der Waals surface area contributed by atoms with Gasteiger partial charge in [0, 0.05) is 29.2 Å². The second-order valence-corrected chi connectivity index (χ2v) is 5.74. The van der Waals surface area contributed by atoms with Crippen molar-refractivity contribution in [3.8, 4) is 0 Å². The maximum atomic E-state index is 6.27. The molecule has 0 saturated carbocycles. The van der Waals surface area contributed by atoms with Crippen LogP contribution in [0, 0.1) is 5.92 Å². The second kappa shape index (κ2) is 7.34. The fraction of sp³-hybridized carbons (Fsp3) is 0.571. The van der Waals surface area contributed by atoms with Gasteiger partial charge in [-0.15, -0.1) is 0 Å². The minimum atomic E-state index is 0.155. The monoisotopic (exact) mass is 288 g/mol. The van der Waals surface area contributed by atoms with E-state index in [1.165, 1.54) is 0 Å². The molecule has 1 aromatic rings. The summed E-state index contributed by atoms with van der Waals surface area (Å²) in [5.74, 6) is 0.602. The zero-order valence-electron chi connectivity index (χ0n) is 11.3. The first-order valence-electron chi connectivity index (χ1n) is 6.38. The van der Waals surface area contributed by atoms with Gasteiger partial charge in [0.05, 0.1) is 0 Å². The van der Waals surface area contributed by atoms with Crippen LogP contribution in [0.5, 0.6) is 0 Å². The van der Waals surface area contributed by atoms with Crippen LogP contribution >= 0.6 is 23.2 Å². The number of likely N-dealkylation sites (N-methyl/N-ethyl adjacent to an activating group) is 1. The molecular formula is C14H22Cl2N2. The first-order valence-corrected chi connectivity index (χ1v) is 7.14. The topological polar surface area (TPSA) is 29.3 Å². The number of hydrogen-bond donors (Lipinski definition) is 1. The number of halogens is 2. The van der Waals surface area contributed by atoms with Crippen LogP contribution in [0.3, 0.4) is 0 Å². The van der Waals surface area contributed by atoms with Gasteiger partial charge in [-0.3, -0.25) is 4.90 Å². The molecule has 0 spiro atoms. The second-order valence-electron chi connectivity index (χ2n) is 4.90. The van der Waals surface area contributed by atoms with Gasteiger partial charge >= 0.3 is 0 Å². The van der Waals surface area contributed by atoms with Gasteiger partial charge in [-0.05, 0) is 30.2 Å². The molecule has 18 heavy (non-hydrogen) atoms. The molecule has 0 fully saturated rings. The Kier molecular flexibility index (Phi) is 6.44. The molecule has 1 rings (SSSR count). The lowest BCUT2D eigenvalue weighted by molar-refractivity contribution is 0.189. The van der Waals surface area contributed by atoms with Crippen molar-refractivity contribution < 1.29 is 0 Å². The largest absolute Gasteiger partial charge is 0.329 e. The van der Waals surface area contributed by atoms with E-state index in [4.69, 9.17) is 28.9 Å². The van der Waals surface area contributed by atoms with Gasteiger partial charge in [0.2, 0.25) is 0 Å². The minimum absolute atomic E-state index is 0.155. The predicted octanol–water partition coefficient (Wildman–Crippen LogP) is 3.97. The molecule has 0 heterocycles. The van der Waals surface area contributed by atoms with Crippen molar-refractivity contribution in [2.45, 2.75) is 26.8 Å². The van der Waals surface area contributed by atoms with E-state index in [1.54, 1.807) is 6.07 Å². The highest BCUT2D eigenvalue weighted by molar-refractivity contribution is 6.35. The number of rotatable bonds is 6. The number of nitrogens with zero attached hydrogens (tertiary/aromatic N) is 1. The van der Waals surface area contributed by atoms with Gasteiger partial charge in [0.1, 0.15) is 0 Å². The van der Waals surface area contributed by atoms with Crippen molar-refractivity contribution in [2.75, 3.05) is 19.6 Å². The van der Waals surface area contributed by atoms with Crippen LogP contribution in [0.25, 0.3) is 0 Å². The summed E-state index contributed by atoms with van der Waals surface area (Å²) in [6, 6.07) is 5.78. The maximum absolute atomic E-state index is 6.27. The average molecular weight is 289 g/mol. The van der Waals surface area contributed by atoms with Crippen molar-refractivity contribution in [3.63, 3.8) is 0 Å². The van der Waals surface area contributed by atoms with Crippen LogP contribution in [-0.2, 0) is 0 Å². The molecule has 4 heteroatoms. The van der Waals surface area contributed by atoms with E-state index >= 15 is 0 Å². The van der Waals surface area contributed by atoms with Crippen LogP contribution in [0.2, 0.25) is 10.0 Å². The summed E-state index contributed by atoms with van der Waals surface area (Å²) in [6.45, 7) is 9.09. The lowest BCUT2D eigenvalue weighted by Crippen LogP contribution is -2.36. The van der Waals surface area contributed by atoms with Crippen molar-refractivity contribution in [2.24, 2.45) is 11.7 Å². The predicted molar refractivity (Wildman–Crippen MR) is 80.3 cm³/mol. The standard InChI is InChI=1S/C14H22Cl2N2/c1-4-18(9-10(2)3)14(8-17)12-6-5-11(15)7-13(12)16/h5-7,10,14H,4,8-9,17H2,1-3H3. The summed E-state index contributed by atoms with van der Waals surface area (Å²) in [6.07, 6.45) is 0. The molecule has 0 radical (unpaired) electrons. The molecule has 0 amide bonds. The fourth-order valence-electron chi connectivity index (χ4n) is 2.19. The van der Waals surface area contributed by atoms with Crippen LogP contribution in [-0.4, -0.2) is 24.5 Å². The first kappa shape index (κ1) is 15.8. The Morgan fingerprint density at radius 1 is 1.28 bits per heavy atom. The highest BCUT2D eigenvalue weighted by atomic mass is 35.5. The SMILES string of the molecule is CCN(CC(C)C)C(CN)c1ccc(Cl)cc1Cl. The Morgan fingerprint density at radius 2 is 1.94 bits per heavy atom. The van der Waals surface area contributed by atoms with Crippen LogP contribution in [0.15, 0.2) is 18.2 Å². The van der Waals surface area contributed by atoms with Crippen molar-refractivity contribution in [3.05, 3.63) is 33.8 Å². The third kappa shape index (κ3) is 4.13. The van der Waals surface area contributed by atoms with Gasteiger partial charge in [0.15, 0.2) is 0 Å². The zero-order valence-corrected chi connectivity index (χ0v) is 12.8. The minimum Gasteiger partial charge on any atom is -0.329 e. The van der Waals surface area contributed by atoms with E-state index in [1.807, 2.05) is 12.1 Å². The Morgan fingerprint density at radius 3 is 2.39 bits per heavy atom. The summed E-state index contributed by atoms with van der Waals surface area (Å²) in [4.78, 5) is 2.36. The molecule has 0 aliphatic heterocycles. The molecule has 0 saturated heterocycles. The Labute approximate surface area is 120 Å². The Hall–Kier alpha value is -0.280. The molecule has 102 valence electrons. The third-order valence-corrected chi connectivity index (χ3v) is 3.55. The molecule has 2 nitrogen and oxygen atoms in total. The van der Waals surface area contributed by atoms with E-state index in [-0.39, 0.29) is 6.04 Å². The summed E-state index contributed by atoms with van der Waals surface area (Å²) >= 11 is 12.2. The van der Waals surface area contributed by atoms with E-state index in [0.29, 0.717) is 22.5 Å². The number of benzene rings is 1. The van der Waals surface area contributed by atoms with Gasteiger partial charge in [-0.1, -0.05) is 50.0 Å². The lowest BCUT2D eigenvalue weighted by Gasteiger charge is -2.32. The quantitative estimate of drug-likeness (QED) is 0.858. The number of nitrogens with two attached hydrogens (primary N) is 1. The molecule has 1 unspecified atom stereocenters. The average Bonchev–Trinajstić information content (AvgIpc) is 2.30.